The van der Waals surface area contributed by atoms with Crippen molar-refractivity contribution in [3.63, 3.8) is 0 Å². The molecular weight excluding hydrogens is 622 g/mol. The Morgan fingerprint density at radius 1 is 0.562 bits per heavy atom. The van der Waals surface area contributed by atoms with Crippen LogP contribution in [0.3, 0.4) is 0 Å². The first-order valence-corrected chi connectivity index (χ1v) is 17.9. The summed E-state index contributed by atoms with van der Waals surface area (Å²) in [4.78, 5) is 101. The number of hydrogen-bond acceptors (Lipinski definition) is 8. The van der Waals surface area contributed by atoms with Crippen molar-refractivity contribution in [2.45, 2.75) is 126 Å². The van der Waals surface area contributed by atoms with Gasteiger partial charge in [-0.15, -0.1) is 0 Å². The zero-order valence-electron chi connectivity index (χ0n) is 27.8. The van der Waals surface area contributed by atoms with Crippen molar-refractivity contribution >= 4 is 41.4 Å². The number of carboxylic acids is 1. The first kappa shape index (κ1) is 34.1. The van der Waals surface area contributed by atoms with Gasteiger partial charge in [-0.1, -0.05) is 0 Å². The second kappa shape index (κ2) is 14.4. The average molecular weight is 672 g/mol. The molecule has 15 nitrogen and oxygen atoms in total. The molecule has 6 rings (SSSR count). The Bertz CT molecular complexity index is 1320. The van der Waals surface area contributed by atoms with Crippen molar-refractivity contribution in [1.29, 1.82) is 0 Å². The Balaban J connectivity index is 1.10. The Morgan fingerprint density at radius 3 is 1.33 bits per heavy atom. The number of carboxylic acid groups (broad SMARTS) is 1. The van der Waals surface area contributed by atoms with Crippen LogP contribution in [-0.4, -0.2) is 153 Å². The van der Waals surface area contributed by atoms with E-state index in [2.05, 4.69) is 10.6 Å². The molecule has 6 aliphatic rings. The molecule has 0 aromatic heterocycles. The summed E-state index contributed by atoms with van der Waals surface area (Å²) < 4.78 is 0. The monoisotopic (exact) mass is 671 g/mol. The van der Waals surface area contributed by atoms with Gasteiger partial charge in [-0.2, -0.15) is 0 Å². The molecule has 6 fully saturated rings. The first-order chi connectivity index (χ1) is 23.1. The summed E-state index contributed by atoms with van der Waals surface area (Å²) in [5.41, 5.74) is 0. The van der Waals surface area contributed by atoms with E-state index in [1.165, 1.54) is 14.7 Å². The number of aliphatic carboxylic acids is 1. The molecule has 0 aromatic carbocycles. The van der Waals surface area contributed by atoms with Crippen molar-refractivity contribution in [3.05, 3.63) is 0 Å². The van der Waals surface area contributed by atoms with Gasteiger partial charge in [0.1, 0.15) is 36.3 Å². The second-order valence-corrected chi connectivity index (χ2v) is 14.2. The highest BCUT2D eigenvalue weighted by molar-refractivity contribution is 5.98. The maximum Gasteiger partial charge on any atom is 0.326 e. The maximum atomic E-state index is 14.1. The summed E-state index contributed by atoms with van der Waals surface area (Å²) in [5.74, 6) is -2.78. The Kier molecular flexibility index (Phi) is 10.2. The molecule has 6 amide bonds. The third-order valence-corrected chi connectivity index (χ3v) is 11.2. The van der Waals surface area contributed by atoms with Crippen molar-refractivity contribution in [3.8, 4) is 0 Å². The zero-order valence-corrected chi connectivity index (χ0v) is 27.8. The topological polar surface area (TPSA) is 180 Å². The molecule has 3 N–H and O–H groups in total. The first-order valence-electron chi connectivity index (χ1n) is 17.9. The van der Waals surface area contributed by atoms with E-state index < -0.39 is 42.2 Å². The summed E-state index contributed by atoms with van der Waals surface area (Å²) in [6.07, 6.45) is 6.96. The minimum Gasteiger partial charge on any atom is -0.480 e. The Morgan fingerprint density at radius 2 is 0.938 bits per heavy atom. The molecule has 0 bridgehead atoms. The summed E-state index contributed by atoms with van der Waals surface area (Å²) in [7, 11) is 0. The van der Waals surface area contributed by atoms with Crippen LogP contribution in [0.2, 0.25) is 0 Å². The SMILES string of the molecule is C[C@H](NC(=O)[C@@H]1CCCN1)C(=O)N1CCC[C@H]1C(=O)N1CCC[C@H]1C(=O)N1CCC[C@H]1C(=O)N1CCC[C@H]1C(=O)N1CCC[C@H]1C(=O)O. The van der Waals surface area contributed by atoms with Crippen molar-refractivity contribution in [2.24, 2.45) is 0 Å². The highest BCUT2D eigenvalue weighted by atomic mass is 16.4. The van der Waals surface area contributed by atoms with Gasteiger partial charge in [0.25, 0.3) is 0 Å². The van der Waals surface area contributed by atoms with Gasteiger partial charge < -0.3 is 40.2 Å². The second-order valence-electron chi connectivity index (χ2n) is 14.2. The minimum absolute atomic E-state index is 0.222. The molecule has 6 heterocycles. The zero-order chi connectivity index (χ0) is 34.1. The quantitative estimate of drug-likeness (QED) is 0.300. The van der Waals surface area contributed by atoms with E-state index in [4.69, 9.17) is 0 Å². The Hall–Kier alpha value is -3.75. The van der Waals surface area contributed by atoms with Gasteiger partial charge in [0, 0.05) is 32.7 Å². The fourth-order valence-electron chi connectivity index (χ4n) is 8.73. The summed E-state index contributed by atoms with van der Waals surface area (Å²) in [5, 5.41) is 15.5. The summed E-state index contributed by atoms with van der Waals surface area (Å²) >= 11 is 0. The molecule has 0 aliphatic carbocycles. The van der Waals surface area contributed by atoms with Gasteiger partial charge in [-0.25, -0.2) is 4.79 Å². The molecule has 0 spiro atoms. The van der Waals surface area contributed by atoms with Crippen LogP contribution in [0.5, 0.6) is 0 Å². The Labute approximate surface area is 280 Å². The molecular formula is C33H49N7O8. The number of nitrogens with zero attached hydrogens (tertiary/aromatic N) is 5. The lowest BCUT2D eigenvalue weighted by Crippen LogP contribution is -2.58. The third kappa shape index (κ3) is 6.49. The number of nitrogens with one attached hydrogen (secondary N) is 2. The predicted octanol–water partition coefficient (Wildman–Crippen LogP) is -0.717. The van der Waals surface area contributed by atoms with Gasteiger partial charge in [0.05, 0.1) is 6.04 Å². The fraction of sp³-hybridized carbons (Fsp3) is 0.788. The van der Waals surface area contributed by atoms with E-state index >= 15 is 0 Å². The molecule has 264 valence electrons. The van der Waals surface area contributed by atoms with E-state index in [0.29, 0.717) is 103 Å². The number of likely N-dealkylation sites (tertiary alicyclic amines) is 5. The molecule has 6 aliphatic heterocycles. The van der Waals surface area contributed by atoms with Gasteiger partial charge >= 0.3 is 5.97 Å². The highest BCUT2D eigenvalue weighted by Gasteiger charge is 2.49. The van der Waals surface area contributed by atoms with Gasteiger partial charge in [-0.3, -0.25) is 28.8 Å². The minimum atomic E-state index is -1.04. The van der Waals surface area contributed by atoms with Crippen molar-refractivity contribution < 1.29 is 38.7 Å². The standard InChI is InChI=1S/C33H49N7O8/c1-20(35-27(41)21-8-2-14-34-21)28(42)36-15-3-9-22(36)29(43)37-16-4-10-23(37)30(44)38-17-5-11-24(38)31(45)39-18-6-12-25(39)32(46)40-19-7-13-26(40)33(47)48/h20-26,34H,2-19H2,1H3,(H,35,41)(H,47,48)/t20-,21-,22-,23-,24-,25-,26-/m0/s1. The van der Waals surface area contributed by atoms with Crippen LogP contribution in [0.15, 0.2) is 0 Å². The molecule has 0 aromatic rings. The van der Waals surface area contributed by atoms with Crippen LogP contribution in [0.4, 0.5) is 0 Å². The predicted molar refractivity (Wildman–Crippen MR) is 170 cm³/mol. The molecule has 15 heteroatoms. The van der Waals surface area contributed by atoms with Gasteiger partial charge in [0.2, 0.25) is 35.4 Å². The van der Waals surface area contributed by atoms with Crippen molar-refractivity contribution in [1.82, 2.24) is 35.1 Å². The molecule has 7 atom stereocenters. The normalized spacial score (nSPS) is 31.1. The van der Waals surface area contributed by atoms with Gasteiger partial charge in [-0.05, 0) is 90.5 Å². The molecule has 48 heavy (non-hydrogen) atoms. The number of amides is 6. The van der Waals surface area contributed by atoms with Crippen LogP contribution in [0.25, 0.3) is 0 Å². The van der Waals surface area contributed by atoms with E-state index in [-0.39, 0.29) is 41.5 Å². The summed E-state index contributed by atoms with van der Waals surface area (Å²) in [6.45, 7) is 4.26. The molecule has 0 saturated carbocycles. The molecule has 0 radical (unpaired) electrons. The lowest BCUT2D eigenvalue weighted by molar-refractivity contribution is -0.155. The number of carbonyl (C=O) groups excluding carboxylic acids is 6. The van der Waals surface area contributed by atoms with Crippen LogP contribution in [-0.2, 0) is 33.6 Å². The lowest BCUT2D eigenvalue weighted by Gasteiger charge is -2.36. The third-order valence-electron chi connectivity index (χ3n) is 11.2. The van der Waals surface area contributed by atoms with Crippen molar-refractivity contribution in [2.75, 3.05) is 39.3 Å². The lowest BCUT2D eigenvalue weighted by atomic mass is 10.1. The molecule has 0 unspecified atom stereocenters. The molecule has 6 saturated heterocycles. The number of hydrogen-bond donors (Lipinski definition) is 3. The van der Waals surface area contributed by atoms with E-state index in [1.54, 1.807) is 16.7 Å². The summed E-state index contributed by atoms with van der Waals surface area (Å²) in [6, 6.07) is -4.95. The van der Waals surface area contributed by atoms with Crippen LogP contribution in [0, 0.1) is 0 Å². The van der Waals surface area contributed by atoms with E-state index in [0.717, 1.165) is 13.0 Å². The number of rotatable bonds is 8. The largest absolute Gasteiger partial charge is 0.480 e. The highest BCUT2D eigenvalue weighted by Crippen LogP contribution is 2.31. The average Bonchev–Trinajstić information content (AvgIpc) is 3.93. The van der Waals surface area contributed by atoms with E-state index in [9.17, 15) is 38.7 Å². The maximum absolute atomic E-state index is 14.1. The number of carbonyl (C=O) groups is 7. The van der Waals surface area contributed by atoms with Crippen LogP contribution < -0.4 is 10.6 Å². The van der Waals surface area contributed by atoms with Gasteiger partial charge in [0.15, 0.2) is 0 Å². The fourth-order valence-corrected chi connectivity index (χ4v) is 8.73. The van der Waals surface area contributed by atoms with E-state index in [1.807, 2.05) is 0 Å². The smallest absolute Gasteiger partial charge is 0.326 e. The van der Waals surface area contributed by atoms with Crippen LogP contribution in [0.1, 0.15) is 84.0 Å². The van der Waals surface area contributed by atoms with Crippen LogP contribution >= 0.6 is 0 Å².